The minimum absolute atomic E-state index is 0.112. The molecule has 0 saturated carbocycles. The molecular weight excluding hydrogens is 230 g/mol. The van der Waals surface area contributed by atoms with Crippen molar-refractivity contribution in [3.8, 4) is 0 Å². The molecular formula is C14H19NO3. The zero-order valence-corrected chi connectivity index (χ0v) is 10.8. The van der Waals surface area contributed by atoms with Gasteiger partial charge in [0.05, 0.1) is 6.42 Å². The van der Waals surface area contributed by atoms with Gasteiger partial charge in [0.1, 0.15) is 0 Å². The highest BCUT2D eigenvalue weighted by Gasteiger charge is 2.25. The number of amides is 1. The van der Waals surface area contributed by atoms with Gasteiger partial charge in [-0.3, -0.25) is 9.59 Å². The summed E-state index contributed by atoms with van der Waals surface area (Å²) in [4.78, 5) is 24.7. The Morgan fingerprint density at radius 1 is 1.22 bits per heavy atom. The van der Waals surface area contributed by atoms with Crippen LogP contribution in [0.3, 0.4) is 0 Å². The number of rotatable bonds is 6. The number of anilines is 1. The van der Waals surface area contributed by atoms with E-state index < -0.39 is 11.9 Å². The first-order valence-corrected chi connectivity index (χ1v) is 6.18. The Kier molecular flexibility index (Phi) is 5.36. The minimum Gasteiger partial charge on any atom is -0.481 e. The summed E-state index contributed by atoms with van der Waals surface area (Å²) >= 11 is 0. The largest absolute Gasteiger partial charge is 0.481 e. The third-order valence-corrected chi connectivity index (χ3v) is 2.91. The highest BCUT2D eigenvalue weighted by Crippen LogP contribution is 2.19. The number of carboxylic acid groups (broad SMARTS) is 1. The van der Waals surface area contributed by atoms with E-state index in [1.807, 2.05) is 44.2 Å². The Bertz CT molecular complexity index is 403. The van der Waals surface area contributed by atoms with Crippen LogP contribution >= 0.6 is 0 Å². The topological polar surface area (TPSA) is 57.6 Å². The third kappa shape index (κ3) is 3.58. The van der Waals surface area contributed by atoms with Gasteiger partial charge in [-0.25, -0.2) is 0 Å². The molecule has 1 atom stereocenters. The molecule has 0 radical (unpaired) electrons. The van der Waals surface area contributed by atoms with Crippen molar-refractivity contribution in [1.82, 2.24) is 0 Å². The van der Waals surface area contributed by atoms with Crippen molar-refractivity contribution < 1.29 is 14.7 Å². The fourth-order valence-electron chi connectivity index (χ4n) is 1.91. The Labute approximate surface area is 107 Å². The van der Waals surface area contributed by atoms with E-state index in [-0.39, 0.29) is 12.3 Å². The number of carbonyl (C=O) groups excluding carboxylic acids is 1. The summed E-state index contributed by atoms with van der Waals surface area (Å²) in [6, 6.07) is 9.33. The second kappa shape index (κ2) is 6.79. The molecule has 1 aromatic rings. The van der Waals surface area contributed by atoms with E-state index in [1.165, 1.54) is 0 Å². The van der Waals surface area contributed by atoms with Crippen LogP contribution < -0.4 is 4.90 Å². The first kappa shape index (κ1) is 14.2. The molecule has 1 aromatic carbocycles. The number of hydrogen-bond acceptors (Lipinski definition) is 2. The molecule has 4 heteroatoms. The van der Waals surface area contributed by atoms with Crippen molar-refractivity contribution >= 4 is 17.6 Å². The van der Waals surface area contributed by atoms with Crippen LogP contribution in [-0.4, -0.2) is 23.5 Å². The lowest BCUT2D eigenvalue weighted by atomic mass is 10.0. The smallest absolute Gasteiger partial charge is 0.304 e. The van der Waals surface area contributed by atoms with E-state index >= 15 is 0 Å². The van der Waals surface area contributed by atoms with Crippen LogP contribution in [0.2, 0.25) is 0 Å². The van der Waals surface area contributed by atoms with E-state index in [1.54, 1.807) is 4.90 Å². The maximum Gasteiger partial charge on any atom is 0.304 e. The van der Waals surface area contributed by atoms with Crippen molar-refractivity contribution in [2.75, 3.05) is 11.4 Å². The summed E-state index contributed by atoms with van der Waals surface area (Å²) < 4.78 is 0. The standard InChI is InChI=1S/C14H19NO3/c1-3-11(10-13(16)17)14(18)15(4-2)12-8-6-5-7-9-12/h5-9,11H,3-4,10H2,1-2H3,(H,16,17). The van der Waals surface area contributed by atoms with Crippen LogP contribution in [0.1, 0.15) is 26.7 Å². The number of para-hydroxylation sites is 1. The van der Waals surface area contributed by atoms with Crippen molar-refractivity contribution in [1.29, 1.82) is 0 Å². The van der Waals surface area contributed by atoms with Gasteiger partial charge in [-0.05, 0) is 25.5 Å². The van der Waals surface area contributed by atoms with Crippen molar-refractivity contribution in [2.45, 2.75) is 26.7 Å². The highest BCUT2D eigenvalue weighted by molar-refractivity contribution is 5.96. The van der Waals surface area contributed by atoms with Gasteiger partial charge in [-0.15, -0.1) is 0 Å². The second-order valence-corrected chi connectivity index (χ2v) is 4.12. The van der Waals surface area contributed by atoms with Crippen LogP contribution in [0.5, 0.6) is 0 Å². The number of aliphatic carboxylic acids is 1. The number of hydrogen-bond donors (Lipinski definition) is 1. The first-order valence-electron chi connectivity index (χ1n) is 6.18. The fraction of sp³-hybridized carbons (Fsp3) is 0.429. The summed E-state index contributed by atoms with van der Waals surface area (Å²) in [6.45, 7) is 4.27. The zero-order chi connectivity index (χ0) is 13.5. The molecule has 1 N–H and O–H groups in total. The van der Waals surface area contributed by atoms with Crippen molar-refractivity contribution in [3.63, 3.8) is 0 Å². The van der Waals surface area contributed by atoms with Gasteiger partial charge in [0, 0.05) is 18.2 Å². The normalized spacial score (nSPS) is 11.9. The third-order valence-electron chi connectivity index (χ3n) is 2.91. The quantitative estimate of drug-likeness (QED) is 0.842. The molecule has 0 aliphatic rings. The number of carbonyl (C=O) groups is 2. The monoisotopic (exact) mass is 249 g/mol. The molecule has 18 heavy (non-hydrogen) atoms. The minimum atomic E-state index is -0.931. The molecule has 0 bridgehead atoms. The molecule has 1 rings (SSSR count). The number of benzene rings is 1. The molecule has 0 fully saturated rings. The van der Waals surface area contributed by atoms with Crippen LogP contribution in [0.15, 0.2) is 30.3 Å². The highest BCUT2D eigenvalue weighted by atomic mass is 16.4. The van der Waals surface area contributed by atoms with Crippen LogP contribution in [0.25, 0.3) is 0 Å². The van der Waals surface area contributed by atoms with Crippen LogP contribution in [0.4, 0.5) is 5.69 Å². The Morgan fingerprint density at radius 3 is 2.28 bits per heavy atom. The number of carboxylic acids is 1. The van der Waals surface area contributed by atoms with Gasteiger partial charge in [0.25, 0.3) is 0 Å². The average Bonchev–Trinajstić information content (AvgIpc) is 2.37. The summed E-state index contributed by atoms with van der Waals surface area (Å²) in [5.41, 5.74) is 0.814. The van der Waals surface area contributed by atoms with E-state index in [4.69, 9.17) is 5.11 Å². The number of nitrogens with zero attached hydrogens (tertiary/aromatic N) is 1. The lowest BCUT2D eigenvalue weighted by Crippen LogP contribution is -2.36. The predicted octanol–water partition coefficient (Wildman–Crippen LogP) is 2.54. The summed E-state index contributed by atoms with van der Waals surface area (Å²) in [5, 5.41) is 8.82. The molecule has 1 unspecified atom stereocenters. The van der Waals surface area contributed by atoms with Crippen LogP contribution in [0, 0.1) is 5.92 Å². The first-order chi connectivity index (χ1) is 8.60. The van der Waals surface area contributed by atoms with Gasteiger partial charge >= 0.3 is 5.97 Å². The second-order valence-electron chi connectivity index (χ2n) is 4.12. The van der Waals surface area contributed by atoms with Gasteiger partial charge in [-0.1, -0.05) is 25.1 Å². The molecule has 0 heterocycles. The molecule has 0 aromatic heterocycles. The van der Waals surface area contributed by atoms with E-state index in [0.717, 1.165) is 5.69 Å². The van der Waals surface area contributed by atoms with Crippen molar-refractivity contribution in [3.05, 3.63) is 30.3 Å². The summed E-state index contributed by atoms with van der Waals surface area (Å²) in [6.07, 6.45) is 0.424. The predicted molar refractivity (Wildman–Crippen MR) is 70.5 cm³/mol. The molecule has 0 aliphatic heterocycles. The van der Waals surface area contributed by atoms with Gasteiger partial charge in [-0.2, -0.15) is 0 Å². The molecule has 98 valence electrons. The van der Waals surface area contributed by atoms with Gasteiger partial charge < -0.3 is 10.0 Å². The van der Waals surface area contributed by atoms with Crippen LogP contribution in [-0.2, 0) is 9.59 Å². The fourth-order valence-corrected chi connectivity index (χ4v) is 1.91. The van der Waals surface area contributed by atoms with Gasteiger partial charge in [0.2, 0.25) is 5.91 Å². The summed E-state index contributed by atoms with van der Waals surface area (Å²) in [5.74, 6) is -1.50. The Balaban J connectivity index is 2.87. The molecule has 4 nitrogen and oxygen atoms in total. The molecule has 0 saturated heterocycles. The zero-order valence-electron chi connectivity index (χ0n) is 10.8. The maximum absolute atomic E-state index is 12.3. The Morgan fingerprint density at radius 2 is 1.83 bits per heavy atom. The lowest BCUT2D eigenvalue weighted by Gasteiger charge is -2.25. The van der Waals surface area contributed by atoms with Gasteiger partial charge in [0.15, 0.2) is 0 Å². The van der Waals surface area contributed by atoms with E-state index in [2.05, 4.69) is 0 Å². The summed E-state index contributed by atoms with van der Waals surface area (Å²) in [7, 11) is 0. The average molecular weight is 249 g/mol. The lowest BCUT2D eigenvalue weighted by molar-refractivity contribution is -0.140. The van der Waals surface area contributed by atoms with Crippen molar-refractivity contribution in [2.24, 2.45) is 5.92 Å². The SMILES string of the molecule is CCC(CC(=O)O)C(=O)N(CC)c1ccccc1. The maximum atomic E-state index is 12.3. The van der Waals surface area contributed by atoms with E-state index in [0.29, 0.717) is 13.0 Å². The molecule has 0 spiro atoms. The molecule has 1 amide bonds. The van der Waals surface area contributed by atoms with E-state index in [9.17, 15) is 9.59 Å². The molecule has 0 aliphatic carbocycles. The Hall–Kier alpha value is -1.84.